The van der Waals surface area contributed by atoms with E-state index in [9.17, 15) is 14.9 Å². The molecular weight excluding hydrogens is 312 g/mol. The maximum absolute atomic E-state index is 12.1. The first kappa shape index (κ1) is 18.0. The molecule has 1 aromatic heterocycles. The summed E-state index contributed by atoms with van der Waals surface area (Å²) in [4.78, 5) is 28.0. The highest BCUT2D eigenvalue weighted by Crippen LogP contribution is 2.20. The van der Waals surface area contributed by atoms with Gasteiger partial charge in [-0.25, -0.2) is 9.78 Å². The van der Waals surface area contributed by atoms with E-state index < -0.39 is 10.5 Å². The summed E-state index contributed by atoms with van der Waals surface area (Å²) in [5.41, 5.74) is -0.528. The van der Waals surface area contributed by atoms with Gasteiger partial charge in [0.1, 0.15) is 17.6 Å². The van der Waals surface area contributed by atoms with Gasteiger partial charge in [-0.3, -0.25) is 10.1 Å². The fourth-order valence-electron chi connectivity index (χ4n) is 2.57. The molecule has 0 aliphatic carbocycles. The number of aromatic nitrogens is 1. The summed E-state index contributed by atoms with van der Waals surface area (Å²) in [5.74, 6) is 0.887. The van der Waals surface area contributed by atoms with E-state index in [2.05, 4.69) is 10.3 Å². The van der Waals surface area contributed by atoms with Crippen molar-refractivity contribution in [3.8, 4) is 0 Å². The molecule has 132 valence electrons. The van der Waals surface area contributed by atoms with E-state index in [1.807, 2.05) is 20.8 Å². The molecule has 2 rings (SSSR count). The van der Waals surface area contributed by atoms with Crippen molar-refractivity contribution in [1.29, 1.82) is 0 Å². The van der Waals surface area contributed by atoms with Gasteiger partial charge in [0.25, 0.3) is 5.69 Å². The predicted molar refractivity (Wildman–Crippen MR) is 89.9 cm³/mol. The molecule has 0 radical (unpaired) electrons. The van der Waals surface area contributed by atoms with E-state index >= 15 is 0 Å². The molecule has 2 heterocycles. The van der Waals surface area contributed by atoms with E-state index in [1.165, 1.54) is 12.3 Å². The number of anilines is 1. The molecule has 1 amide bonds. The maximum Gasteiger partial charge on any atom is 0.410 e. The largest absolute Gasteiger partial charge is 0.444 e. The van der Waals surface area contributed by atoms with Crippen LogP contribution in [-0.4, -0.2) is 46.1 Å². The number of nitrogens with zero attached hydrogens (tertiary/aromatic N) is 3. The first-order chi connectivity index (χ1) is 11.2. The lowest BCUT2D eigenvalue weighted by molar-refractivity contribution is -0.385. The number of amides is 1. The minimum atomic E-state index is -0.495. The second-order valence-electron chi connectivity index (χ2n) is 6.97. The first-order valence-electron chi connectivity index (χ1n) is 8.07. The molecular formula is C16H24N4O4. The Balaban J connectivity index is 1.84. The first-order valence-corrected chi connectivity index (χ1v) is 8.07. The molecule has 0 unspecified atom stereocenters. The third kappa shape index (κ3) is 5.36. The number of likely N-dealkylation sites (tertiary alicyclic amines) is 1. The molecule has 1 aromatic rings. The highest BCUT2D eigenvalue weighted by atomic mass is 16.6. The van der Waals surface area contributed by atoms with E-state index in [0.29, 0.717) is 31.4 Å². The van der Waals surface area contributed by atoms with Gasteiger partial charge < -0.3 is 15.0 Å². The topological polar surface area (TPSA) is 97.6 Å². The standard InChI is InChI=1S/C16H24N4O4/c1-16(2,3)24-15(21)19-8-4-5-12(11-19)9-17-14-7-6-13(10-18-14)20(22)23/h6-7,10,12H,4-5,8-9,11H2,1-3H3,(H,17,18)/t12-/m1/s1. The highest BCUT2D eigenvalue weighted by molar-refractivity contribution is 5.68. The molecule has 0 spiro atoms. The quantitative estimate of drug-likeness (QED) is 0.670. The number of rotatable bonds is 4. The lowest BCUT2D eigenvalue weighted by Gasteiger charge is -2.34. The van der Waals surface area contributed by atoms with Crippen LogP contribution in [0.2, 0.25) is 0 Å². The number of carbonyl (C=O) groups excluding carboxylic acids is 1. The Kier molecular flexibility index (Phi) is 5.58. The van der Waals surface area contributed by atoms with Crippen LogP contribution in [0, 0.1) is 16.0 Å². The normalized spacial score (nSPS) is 18.1. The summed E-state index contributed by atoms with van der Waals surface area (Å²) in [6, 6.07) is 3.01. The number of carbonyl (C=O) groups is 1. The smallest absolute Gasteiger partial charge is 0.410 e. The molecule has 1 aliphatic rings. The van der Waals surface area contributed by atoms with Crippen molar-refractivity contribution in [3.63, 3.8) is 0 Å². The summed E-state index contributed by atoms with van der Waals surface area (Å²) in [6.07, 6.45) is 2.90. The van der Waals surface area contributed by atoms with Gasteiger partial charge in [0.05, 0.1) is 4.92 Å². The number of pyridine rings is 1. The van der Waals surface area contributed by atoms with Gasteiger partial charge >= 0.3 is 6.09 Å². The van der Waals surface area contributed by atoms with Crippen LogP contribution in [0.1, 0.15) is 33.6 Å². The van der Waals surface area contributed by atoms with Gasteiger partial charge in [-0.1, -0.05) is 0 Å². The molecule has 1 atom stereocenters. The monoisotopic (exact) mass is 336 g/mol. The lowest BCUT2D eigenvalue weighted by Crippen LogP contribution is -2.44. The number of hydrogen-bond donors (Lipinski definition) is 1. The molecule has 0 saturated carbocycles. The van der Waals surface area contributed by atoms with Crippen molar-refractivity contribution in [2.24, 2.45) is 5.92 Å². The Hall–Kier alpha value is -2.38. The zero-order chi connectivity index (χ0) is 17.7. The zero-order valence-electron chi connectivity index (χ0n) is 14.3. The predicted octanol–water partition coefficient (Wildman–Crippen LogP) is 3.05. The van der Waals surface area contributed by atoms with Gasteiger partial charge in [-0.05, 0) is 45.6 Å². The SMILES string of the molecule is CC(C)(C)OC(=O)N1CCC[C@H](CNc2ccc([N+](=O)[O-])cn2)C1. The number of ether oxygens (including phenoxy) is 1. The van der Waals surface area contributed by atoms with Crippen LogP contribution in [0.5, 0.6) is 0 Å². The Labute approximate surface area is 141 Å². The van der Waals surface area contributed by atoms with Crippen LogP contribution < -0.4 is 5.32 Å². The van der Waals surface area contributed by atoms with Gasteiger partial charge in [-0.2, -0.15) is 0 Å². The minimum Gasteiger partial charge on any atom is -0.444 e. The molecule has 1 N–H and O–H groups in total. The molecule has 8 nitrogen and oxygen atoms in total. The fourth-order valence-corrected chi connectivity index (χ4v) is 2.57. The molecule has 1 saturated heterocycles. The highest BCUT2D eigenvalue weighted by Gasteiger charge is 2.27. The minimum absolute atomic E-state index is 0.0330. The van der Waals surface area contributed by atoms with Crippen LogP contribution in [0.15, 0.2) is 18.3 Å². The summed E-state index contributed by atoms with van der Waals surface area (Å²) in [6.45, 7) is 7.57. The third-order valence-corrected chi connectivity index (χ3v) is 3.70. The Bertz CT molecular complexity index is 583. The molecule has 8 heteroatoms. The molecule has 0 bridgehead atoms. The number of hydrogen-bond acceptors (Lipinski definition) is 6. The average molecular weight is 336 g/mol. The lowest BCUT2D eigenvalue weighted by atomic mass is 9.98. The summed E-state index contributed by atoms with van der Waals surface area (Å²) in [7, 11) is 0. The average Bonchev–Trinajstić information content (AvgIpc) is 2.52. The van der Waals surface area contributed by atoms with Gasteiger partial charge in [-0.15, -0.1) is 0 Å². The van der Waals surface area contributed by atoms with Crippen molar-refractivity contribution in [3.05, 3.63) is 28.4 Å². The number of nitro groups is 1. The molecule has 1 aliphatic heterocycles. The van der Waals surface area contributed by atoms with E-state index in [0.717, 1.165) is 12.8 Å². The maximum atomic E-state index is 12.1. The Morgan fingerprint density at radius 2 is 2.25 bits per heavy atom. The fraction of sp³-hybridized carbons (Fsp3) is 0.625. The third-order valence-electron chi connectivity index (χ3n) is 3.70. The van der Waals surface area contributed by atoms with Crippen molar-refractivity contribution in [2.75, 3.05) is 25.0 Å². The van der Waals surface area contributed by atoms with E-state index in [4.69, 9.17) is 4.74 Å². The Morgan fingerprint density at radius 1 is 1.50 bits per heavy atom. The van der Waals surface area contributed by atoms with Crippen LogP contribution >= 0.6 is 0 Å². The zero-order valence-corrected chi connectivity index (χ0v) is 14.3. The van der Waals surface area contributed by atoms with Gasteiger partial charge in [0.15, 0.2) is 0 Å². The van der Waals surface area contributed by atoms with E-state index in [-0.39, 0.29) is 11.8 Å². The van der Waals surface area contributed by atoms with Crippen molar-refractivity contribution in [2.45, 2.75) is 39.2 Å². The van der Waals surface area contributed by atoms with Crippen molar-refractivity contribution >= 4 is 17.6 Å². The summed E-state index contributed by atoms with van der Waals surface area (Å²) < 4.78 is 5.41. The Morgan fingerprint density at radius 3 is 2.83 bits per heavy atom. The molecule has 1 fully saturated rings. The van der Waals surface area contributed by atoms with Gasteiger partial charge in [0, 0.05) is 25.7 Å². The number of nitrogens with one attached hydrogen (secondary N) is 1. The second-order valence-corrected chi connectivity index (χ2v) is 6.97. The molecule has 24 heavy (non-hydrogen) atoms. The van der Waals surface area contributed by atoms with Crippen LogP contribution in [0.25, 0.3) is 0 Å². The van der Waals surface area contributed by atoms with Crippen LogP contribution in [0.3, 0.4) is 0 Å². The van der Waals surface area contributed by atoms with E-state index in [1.54, 1.807) is 11.0 Å². The second kappa shape index (κ2) is 7.46. The van der Waals surface area contributed by atoms with Crippen molar-refractivity contribution < 1.29 is 14.5 Å². The van der Waals surface area contributed by atoms with Crippen LogP contribution in [-0.2, 0) is 4.74 Å². The number of piperidine rings is 1. The molecule has 0 aromatic carbocycles. The summed E-state index contributed by atoms with van der Waals surface area (Å²) >= 11 is 0. The van der Waals surface area contributed by atoms with Gasteiger partial charge in [0.2, 0.25) is 0 Å². The van der Waals surface area contributed by atoms with Crippen molar-refractivity contribution in [1.82, 2.24) is 9.88 Å². The summed E-state index contributed by atoms with van der Waals surface area (Å²) in [5, 5.41) is 13.8. The van der Waals surface area contributed by atoms with Crippen LogP contribution in [0.4, 0.5) is 16.3 Å².